The Morgan fingerprint density at radius 2 is 1.94 bits per heavy atom. The molecule has 0 aliphatic carbocycles. The van der Waals surface area contributed by atoms with Crippen LogP contribution in [0.15, 0.2) is 22.0 Å². The normalized spacial score (nSPS) is 16.9. The van der Waals surface area contributed by atoms with E-state index in [2.05, 4.69) is 4.99 Å². The molecule has 1 aromatic rings. The smallest absolute Gasteiger partial charge is 0.301 e. The summed E-state index contributed by atoms with van der Waals surface area (Å²) in [4.78, 5) is 23.4. The fourth-order valence-corrected chi connectivity index (χ4v) is 2.45. The van der Waals surface area contributed by atoms with Gasteiger partial charge in [-0.15, -0.1) is 0 Å². The molecule has 10 nitrogen and oxygen atoms in total. The lowest BCUT2D eigenvalue weighted by Crippen LogP contribution is -2.31. The van der Waals surface area contributed by atoms with Crippen LogP contribution in [0.25, 0.3) is 0 Å². The highest BCUT2D eigenvalue weighted by atomic mass is 32.2. The van der Waals surface area contributed by atoms with Crippen molar-refractivity contribution < 1.29 is 14.1 Å². The first-order chi connectivity index (χ1) is 8.45. The quantitative estimate of drug-likeness (QED) is 0.438. The summed E-state index contributed by atoms with van der Waals surface area (Å²) in [5.41, 5.74) is 0.738. The molecule has 0 spiro atoms. The van der Waals surface area contributed by atoms with Crippen molar-refractivity contribution >= 4 is 33.0 Å². The largest absolute Gasteiger partial charge is 0.303 e. The van der Waals surface area contributed by atoms with Crippen LogP contribution in [-0.4, -0.2) is 19.2 Å². The summed E-state index contributed by atoms with van der Waals surface area (Å²) < 4.78 is 11.8. The lowest BCUT2D eigenvalue weighted by molar-refractivity contribution is -0.394. The average Bonchev–Trinajstić information content (AvgIpc) is 2.65. The van der Waals surface area contributed by atoms with Gasteiger partial charge in [-0.3, -0.25) is 20.2 Å². The number of amidine groups is 1. The highest BCUT2D eigenvalue weighted by Crippen LogP contribution is 2.41. The Bertz CT molecular complexity index is 627. The monoisotopic (exact) mass is 271 g/mol. The van der Waals surface area contributed by atoms with E-state index in [4.69, 9.17) is 5.84 Å². The van der Waals surface area contributed by atoms with Crippen molar-refractivity contribution in [3.8, 4) is 0 Å². The fourth-order valence-electron chi connectivity index (χ4n) is 1.41. The van der Waals surface area contributed by atoms with E-state index < -0.39 is 32.0 Å². The number of non-ortho nitro benzene ring substituents is 1. The number of hydrogen-bond acceptors (Lipinski definition) is 8. The molecule has 1 aromatic carbocycles. The predicted octanol–water partition coefficient (Wildman–Crippen LogP) is 0.0750. The van der Waals surface area contributed by atoms with E-state index in [0.717, 1.165) is 12.1 Å². The number of nitro groups is 2. The van der Waals surface area contributed by atoms with Crippen molar-refractivity contribution in [3.05, 3.63) is 32.4 Å². The minimum Gasteiger partial charge on any atom is -0.301 e. The lowest BCUT2D eigenvalue weighted by Gasteiger charge is -1.98. The fraction of sp³-hybridized carbons (Fsp3) is 0. The number of benzene rings is 1. The van der Waals surface area contributed by atoms with E-state index in [1.54, 1.807) is 0 Å². The zero-order valence-corrected chi connectivity index (χ0v) is 9.34. The predicted molar refractivity (Wildman–Crippen MR) is 60.6 cm³/mol. The Balaban J connectivity index is 2.72. The molecular weight excluding hydrogens is 266 g/mol. The molecule has 0 fully saturated rings. The lowest BCUT2D eigenvalue weighted by atomic mass is 10.2. The number of fused-ring (bicyclic) bond motifs is 1. The molecule has 0 amide bonds. The van der Waals surface area contributed by atoms with Gasteiger partial charge in [0.15, 0.2) is 5.69 Å². The number of nitrogens with two attached hydrogens (primary N) is 1. The van der Waals surface area contributed by atoms with E-state index in [1.807, 2.05) is 5.43 Å². The van der Waals surface area contributed by atoms with Gasteiger partial charge in [-0.2, -0.15) is 0 Å². The van der Waals surface area contributed by atoms with E-state index in [9.17, 15) is 24.4 Å². The first-order valence-electron chi connectivity index (χ1n) is 4.39. The summed E-state index contributed by atoms with van der Waals surface area (Å²) in [6.45, 7) is 0. The van der Waals surface area contributed by atoms with Crippen molar-refractivity contribution in [2.75, 3.05) is 0 Å². The van der Waals surface area contributed by atoms with Crippen LogP contribution in [-0.2, 0) is 10.8 Å². The van der Waals surface area contributed by atoms with Crippen molar-refractivity contribution in [2.24, 2.45) is 10.8 Å². The third-order valence-corrected chi connectivity index (χ3v) is 3.43. The maximum absolute atomic E-state index is 11.8. The first kappa shape index (κ1) is 12.1. The average molecular weight is 271 g/mol. The van der Waals surface area contributed by atoms with Gasteiger partial charge in [0.25, 0.3) is 5.69 Å². The second-order valence-corrected chi connectivity index (χ2v) is 4.52. The molecule has 2 rings (SSSR count). The van der Waals surface area contributed by atoms with Crippen LogP contribution < -0.4 is 11.3 Å². The third kappa shape index (κ3) is 1.70. The van der Waals surface area contributed by atoms with Crippen molar-refractivity contribution in [1.82, 2.24) is 5.43 Å². The molecular formula is C7H5N5O5S. The van der Waals surface area contributed by atoms with E-state index in [-0.39, 0.29) is 15.8 Å². The van der Waals surface area contributed by atoms with Gasteiger partial charge in [0, 0.05) is 6.07 Å². The van der Waals surface area contributed by atoms with Gasteiger partial charge in [-0.1, -0.05) is 0 Å². The third-order valence-electron chi connectivity index (χ3n) is 2.16. The molecule has 3 N–H and O–H groups in total. The highest BCUT2D eigenvalue weighted by Gasteiger charge is 2.33. The molecule has 1 atom stereocenters. The van der Waals surface area contributed by atoms with Crippen LogP contribution in [0.2, 0.25) is 0 Å². The molecule has 0 bridgehead atoms. The van der Waals surface area contributed by atoms with Gasteiger partial charge in [-0.25, -0.2) is 15.0 Å². The zero-order chi connectivity index (χ0) is 13.4. The Morgan fingerprint density at radius 1 is 1.28 bits per heavy atom. The summed E-state index contributed by atoms with van der Waals surface area (Å²) in [5.74, 6) is 5.05. The number of nitrogens with zero attached hydrogens (tertiary/aromatic N) is 3. The molecule has 1 aliphatic heterocycles. The molecule has 0 aromatic heterocycles. The molecule has 1 unspecified atom stereocenters. The van der Waals surface area contributed by atoms with Gasteiger partial charge >= 0.3 is 5.69 Å². The minimum atomic E-state index is -1.88. The minimum absolute atomic E-state index is 0.108. The first-order valence-corrected chi connectivity index (χ1v) is 5.54. The Hall–Kier alpha value is -2.40. The maximum Gasteiger partial charge on any atom is 0.303 e. The van der Waals surface area contributed by atoms with Crippen LogP contribution in [0.3, 0.4) is 0 Å². The van der Waals surface area contributed by atoms with Gasteiger partial charge in [0.05, 0.1) is 20.8 Å². The molecule has 11 heteroatoms. The highest BCUT2D eigenvalue weighted by molar-refractivity contribution is 8.01. The molecule has 1 aliphatic rings. The second-order valence-electron chi connectivity index (χ2n) is 3.16. The summed E-state index contributed by atoms with van der Waals surface area (Å²) in [6, 6.07) is 1.74. The van der Waals surface area contributed by atoms with Crippen LogP contribution >= 0.6 is 0 Å². The van der Waals surface area contributed by atoms with E-state index in [1.165, 1.54) is 0 Å². The molecule has 18 heavy (non-hydrogen) atoms. The summed E-state index contributed by atoms with van der Waals surface area (Å²) in [6.07, 6.45) is 0. The van der Waals surface area contributed by atoms with Crippen molar-refractivity contribution in [3.63, 3.8) is 0 Å². The summed E-state index contributed by atoms with van der Waals surface area (Å²) in [5, 5.41) is 21.3. The van der Waals surface area contributed by atoms with Crippen LogP contribution in [0.1, 0.15) is 0 Å². The number of hydrazine groups is 1. The molecule has 1 heterocycles. The summed E-state index contributed by atoms with van der Waals surface area (Å²) in [7, 11) is -1.88. The van der Waals surface area contributed by atoms with Crippen molar-refractivity contribution in [1.29, 1.82) is 0 Å². The molecule has 0 radical (unpaired) electrons. The van der Waals surface area contributed by atoms with Crippen LogP contribution in [0.4, 0.5) is 17.1 Å². The van der Waals surface area contributed by atoms with E-state index in [0.29, 0.717) is 0 Å². The standard InChI is InChI=1S/C7H5N5O5S/c8-10-7-9-6-4(12(15)16)1-3(11(13)14)2-5(6)18(7)17/h1-2H,8H2,(H,9,10). The topological polar surface area (TPSA) is 154 Å². The van der Waals surface area contributed by atoms with Crippen molar-refractivity contribution in [2.45, 2.75) is 4.90 Å². The SMILES string of the molecule is NNC1=Nc2c([N+](=O)[O-])cc([N+](=O)[O-])cc2S1=O. The van der Waals surface area contributed by atoms with Gasteiger partial charge < -0.3 is 5.43 Å². The van der Waals surface area contributed by atoms with Crippen LogP contribution in [0.5, 0.6) is 0 Å². The van der Waals surface area contributed by atoms with E-state index >= 15 is 0 Å². The Morgan fingerprint density at radius 3 is 2.44 bits per heavy atom. The number of nitro benzene ring substituents is 2. The zero-order valence-electron chi connectivity index (χ0n) is 8.52. The number of hydrogen-bond donors (Lipinski definition) is 2. The second kappa shape index (κ2) is 4.12. The molecule has 0 saturated heterocycles. The van der Waals surface area contributed by atoms with Gasteiger partial charge in [0.2, 0.25) is 5.17 Å². The summed E-state index contributed by atoms with van der Waals surface area (Å²) >= 11 is 0. The number of nitrogens with one attached hydrogen (secondary N) is 1. The number of aliphatic imine (C=N–C) groups is 1. The van der Waals surface area contributed by atoms with Crippen LogP contribution in [0, 0.1) is 20.2 Å². The maximum atomic E-state index is 11.8. The Kier molecular flexibility index (Phi) is 2.76. The molecule has 94 valence electrons. The number of rotatable bonds is 2. The van der Waals surface area contributed by atoms with Gasteiger partial charge in [0.1, 0.15) is 10.8 Å². The Labute approximate surface area is 101 Å². The molecule has 0 saturated carbocycles. The van der Waals surface area contributed by atoms with Gasteiger partial charge in [-0.05, 0) is 0 Å².